The highest BCUT2D eigenvalue weighted by Crippen LogP contribution is 2.29. The van der Waals surface area contributed by atoms with E-state index in [1.807, 2.05) is 18.2 Å². The van der Waals surface area contributed by atoms with Gasteiger partial charge in [0, 0.05) is 30.6 Å². The first kappa shape index (κ1) is 20.2. The molecule has 9 nitrogen and oxygen atoms in total. The highest BCUT2D eigenvalue weighted by molar-refractivity contribution is 5.92. The monoisotopic (exact) mass is 396 g/mol. The highest BCUT2D eigenvalue weighted by Gasteiger charge is 2.11. The summed E-state index contributed by atoms with van der Waals surface area (Å²) in [6.45, 7) is 0.769. The number of nitrogens with two attached hydrogens (primary N) is 2. The van der Waals surface area contributed by atoms with E-state index >= 15 is 0 Å². The van der Waals surface area contributed by atoms with Crippen LogP contribution in [0.5, 0.6) is 11.5 Å². The quantitative estimate of drug-likeness (QED) is 0.219. The van der Waals surface area contributed by atoms with Gasteiger partial charge < -0.3 is 31.7 Å². The van der Waals surface area contributed by atoms with Gasteiger partial charge in [-0.25, -0.2) is 9.97 Å². The van der Waals surface area contributed by atoms with Crippen molar-refractivity contribution in [2.75, 3.05) is 25.6 Å². The molecular formula is C20H24N6O3. The lowest BCUT2D eigenvalue weighted by Gasteiger charge is -2.10. The number of aromatic nitrogens is 2. The summed E-state index contributed by atoms with van der Waals surface area (Å²) < 4.78 is 5.16. The third kappa shape index (κ3) is 5.02. The third-order valence-corrected chi connectivity index (χ3v) is 4.23. The summed E-state index contributed by atoms with van der Waals surface area (Å²) in [7, 11) is 1.49. The summed E-state index contributed by atoms with van der Waals surface area (Å²) in [5, 5.41) is 22.7. The summed E-state index contributed by atoms with van der Waals surface area (Å²) in [6.07, 6.45) is 1.05. The standard InChI is InChI=1S/C20H24N6O3/c1-29-17-9-12(3-6-16(17)28)10-18-24-15-11-13(23-7-2-8-27)4-5-14(15)19(25-18)26-20(21)22/h3-6,9,11,23,27-28H,2,7-8,10H2,1H3,(H4,21,22,24,25,26). The second-order valence-electron chi connectivity index (χ2n) is 6.42. The number of aromatic hydroxyl groups is 1. The van der Waals surface area contributed by atoms with Gasteiger partial charge >= 0.3 is 0 Å². The van der Waals surface area contributed by atoms with Gasteiger partial charge in [0.1, 0.15) is 5.82 Å². The van der Waals surface area contributed by atoms with Crippen LogP contribution in [0, 0.1) is 0 Å². The van der Waals surface area contributed by atoms with Crippen molar-refractivity contribution >= 4 is 28.4 Å². The van der Waals surface area contributed by atoms with Crippen molar-refractivity contribution in [2.24, 2.45) is 16.5 Å². The maximum Gasteiger partial charge on any atom is 0.192 e. The SMILES string of the molecule is COc1cc(Cc2nc(N=C(N)N)c3ccc(NCCCO)cc3n2)ccc1O. The summed E-state index contributed by atoms with van der Waals surface area (Å²) in [6, 6.07) is 10.7. The number of anilines is 1. The van der Waals surface area contributed by atoms with E-state index in [0.717, 1.165) is 16.6 Å². The Morgan fingerprint density at radius 3 is 2.72 bits per heavy atom. The predicted molar refractivity (Wildman–Crippen MR) is 113 cm³/mol. The minimum Gasteiger partial charge on any atom is -0.504 e. The van der Waals surface area contributed by atoms with Gasteiger partial charge in [0.2, 0.25) is 0 Å². The van der Waals surface area contributed by atoms with E-state index in [1.165, 1.54) is 7.11 Å². The molecule has 2 aromatic carbocycles. The van der Waals surface area contributed by atoms with Gasteiger partial charge in [0.05, 0.1) is 12.6 Å². The fraction of sp³-hybridized carbons (Fsp3) is 0.250. The molecule has 152 valence electrons. The van der Waals surface area contributed by atoms with E-state index in [0.29, 0.717) is 42.3 Å². The number of phenols is 1. The van der Waals surface area contributed by atoms with E-state index in [9.17, 15) is 5.11 Å². The summed E-state index contributed by atoms with van der Waals surface area (Å²) in [5.74, 6) is 1.27. The van der Waals surface area contributed by atoms with Crippen LogP contribution >= 0.6 is 0 Å². The molecule has 7 N–H and O–H groups in total. The number of phenolic OH excluding ortho intramolecular Hbond substituents is 1. The molecular weight excluding hydrogens is 372 g/mol. The zero-order valence-corrected chi connectivity index (χ0v) is 16.1. The summed E-state index contributed by atoms with van der Waals surface area (Å²) in [5.41, 5.74) is 13.6. The molecule has 0 atom stereocenters. The van der Waals surface area contributed by atoms with Crippen LogP contribution in [0.4, 0.5) is 11.5 Å². The molecule has 1 aromatic heterocycles. The molecule has 9 heteroatoms. The van der Waals surface area contributed by atoms with E-state index in [2.05, 4.69) is 20.3 Å². The summed E-state index contributed by atoms with van der Waals surface area (Å²) in [4.78, 5) is 13.3. The van der Waals surface area contributed by atoms with Gasteiger partial charge in [-0.2, -0.15) is 4.99 Å². The minimum absolute atomic E-state index is 0.0652. The number of hydrogen-bond acceptors (Lipinski definition) is 7. The number of benzene rings is 2. The highest BCUT2D eigenvalue weighted by atomic mass is 16.5. The molecule has 0 amide bonds. The lowest BCUT2D eigenvalue weighted by atomic mass is 10.1. The molecule has 0 unspecified atom stereocenters. The van der Waals surface area contributed by atoms with Crippen LogP contribution in [0.2, 0.25) is 0 Å². The van der Waals surface area contributed by atoms with Crippen molar-refractivity contribution in [1.82, 2.24) is 9.97 Å². The van der Waals surface area contributed by atoms with Crippen molar-refractivity contribution in [3.8, 4) is 11.5 Å². The molecule has 0 bridgehead atoms. The van der Waals surface area contributed by atoms with Gasteiger partial charge in [-0.15, -0.1) is 0 Å². The lowest BCUT2D eigenvalue weighted by Crippen LogP contribution is -2.22. The Morgan fingerprint density at radius 2 is 2.00 bits per heavy atom. The van der Waals surface area contributed by atoms with Gasteiger partial charge in [0.15, 0.2) is 23.3 Å². The first-order valence-corrected chi connectivity index (χ1v) is 9.11. The molecule has 0 radical (unpaired) electrons. The van der Waals surface area contributed by atoms with E-state index in [-0.39, 0.29) is 18.3 Å². The first-order valence-electron chi connectivity index (χ1n) is 9.11. The molecule has 0 spiro atoms. The molecule has 0 saturated carbocycles. The predicted octanol–water partition coefficient (Wildman–Crippen LogP) is 1.63. The number of aliphatic hydroxyl groups is 1. The smallest absolute Gasteiger partial charge is 0.192 e. The Kier molecular flexibility index (Phi) is 6.30. The van der Waals surface area contributed by atoms with Crippen LogP contribution in [0.3, 0.4) is 0 Å². The van der Waals surface area contributed by atoms with Crippen LogP contribution in [0.25, 0.3) is 10.9 Å². The van der Waals surface area contributed by atoms with Crippen LogP contribution in [0.15, 0.2) is 41.4 Å². The average Bonchev–Trinajstić information content (AvgIpc) is 2.69. The van der Waals surface area contributed by atoms with Gasteiger partial charge in [-0.05, 0) is 42.3 Å². The van der Waals surface area contributed by atoms with Crippen LogP contribution in [-0.4, -0.2) is 46.4 Å². The Hall–Kier alpha value is -3.59. The van der Waals surface area contributed by atoms with Gasteiger partial charge in [-0.1, -0.05) is 6.07 Å². The zero-order chi connectivity index (χ0) is 20.8. The lowest BCUT2D eigenvalue weighted by molar-refractivity contribution is 0.292. The van der Waals surface area contributed by atoms with Crippen LogP contribution in [0.1, 0.15) is 17.8 Å². The third-order valence-electron chi connectivity index (χ3n) is 4.23. The largest absolute Gasteiger partial charge is 0.504 e. The van der Waals surface area contributed by atoms with Crippen molar-refractivity contribution in [3.05, 3.63) is 47.8 Å². The molecule has 0 fully saturated rings. The van der Waals surface area contributed by atoms with Crippen molar-refractivity contribution in [2.45, 2.75) is 12.8 Å². The van der Waals surface area contributed by atoms with Crippen LogP contribution < -0.4 is 21.5 Å². The van der Waals surface area contributed by atoms with Crippen LogP contribution in [-0.2, 0) is 6.42 Å². The van der Waals surface area contributed by atoms with E-state index in [1.54, 1.807) is 18.2 Å². The van der Waals surface area contributed by atoms with Crippen molar-refractivity contribution < 1.29 is 14.9 Å². The molecule has 0 aliphatic heterocycles. The molecule has 29 heavy (non-hydrogen) atoms. The van der Waals surface area contributed by atoms with E-state index in [4.69, 9.17) is 21.3 Å². The molecule has 3 aromatic rings. The second-order valence-corrected chi connectivity index (χ2v) is 6.42. The number of nitrogens with one attached hydrogen (secondary N) is 1. The Labute approximate surface area is 168 Å². The van der Waals surface area contributed by atoms with E-state index < -0.39 is 0 Å². The fourth-order valence-electron chi connectivity index (χ4n) is 2.88. The second kappa shape index (κ2) is 9.07. The topological polar surface area (TPSA) is 152 Å². The Morgan fingerprint density at radius 1 is 1.17 bits per heavy atom. The normalized spacial score (nSPS) is 10.7. The minimum atomic E-state index is -0.0904. The maximum absolute atomic E-state index is 9.78. The fourth-order valence-corrected chi connectivity index (χ4v) is 2.88. The zero-order valence-electron chi connectivity index (χ0n) is 16.1. The molecule has 1 heterocycles. The number of aliphatic imine (C=N–C) groups is 1. The molecule has 0 saturated heterocycles. The number of hydrogen-bond donors (Lipinski definition) is 5. The van der Waals surface area contributed by atoms with Crippen molar-refractivity contribution in [1.29, 1.82) is 0 Å². The molecule has 0 aliphatic carbocycles. The number of nitrogens with zero attached hydrogens (tertiary/aromatic N) is 3. The van der Waals surface area contributed by atoms with Gasteiger partial charge in [0.25, 0.3) is 0 Å². The maximum atomic E-state index is 9.78. The Balaban J connectivity index is 2.00. The first-order chi connectivity index (χ1) is 14.0. The molecule has 0 aliphatic rings. The number of methoxy groups -OCH3 is 1. The number of aliphatic hydroxyl groups excluding tert-OH is 1. The average molecular weight is 396 g/mol. The number of rotatable bonds is 8. The number of fused-ring (bicyclic) bond motifs is 1. The summed E-state index contributed by atoms with van der Waals surface area (Å²) >= 11 is 0. The van der Waals surface area contributed by atoms with Crippen molar-refractivity contribution in [3.63, 3.8) is 0 Å². The van der Waals surface area contributed by atoms with Gasteiger partial charge in [-0.3, -0.25) is 0 Å². The molecule has 3 rings (SSSR count). The Bertz CT molecular complexity index is 1030. The number of ether oxygens (including phenoxy) is 1. The number of guanidine groups is 1.